The lowest BCUT2D eigenvalue weighted by molar-refractivity contribution is -0.119. The molecule has 1 atom stereocenters. The van der Waals surface area contributed by atoms with E-state index in [4.69, 9.17) is 9.47 Å². The monoisotopic (exact) mass is 491 g/mol. The van der Waals surface area contributed by atoms with E-state index in [1.165, 1.54) is 6.07 Å². The second kappa shape index (κ2) is 11.1. The topological polar surface area (TPSA) is 79.8 Å². The summed E-state index contributed by atoms with van der Waals surface area (Å²) in [6, 6.07) is 12.0. The molecule has 3 heterocycles. The van der Waals surface area contributed by atoms with Gasteiger partial charge in [0.15, 0.2) is 0 Å². The van der Waals surface area contributed by atoms with Crippen molar-refractivity contribution in [3.8, 4) is 11.5 Å². The number of fused-ring (bicyclic) bond motifs is 2. The Morgan fingerprint density at radius 2 is 1.69 bits per heavy atom. The largest absolute Gasteiger partial charge is 0.497 e. The molecule has 2 aliphatic rings. The third-order valence-electron chi connectivity index (χ3n) is 6.25. The van der Waals surface area contributed by atoms with Crippen molar-refractivity contribution in [3.05, 3.63) is 77.4 Å². The van der Waals surface area contributed by atoms with E-state index in [0.717, 1.165) is 45.9 Å². The fraction of sp³-hybridized carbons (Fsp3) is 0.296. The first kappa shape index (κ1) is 25.0. The fourth-order valence-electron chi connectivity index (χ4n) is 4.44. The van der Waals surface area contributed by atoms with E-state index in [1.807, 2.05) is 43.3 Å². The van der Waals surface area contributed by atoms with Crippen LogP contribution in [0.3, 0.4) is 0 Å². The number of anilines is 2. The quantitative estimate of drug-likeness (QED) is 0.537. The third kappa shape index (κ3) is 5.25. The molecule has 0 spiro atoms. The van der Waals surface area contributed by atoms with Crippen molar-refractivity contribution in [2.24, 2.45) is 0 Å². The van der Waals surface area contributed by atoms with Crippen molar-refractivity contribution < 1.29 is 18.7 Å². The standard InChI is InChI=1S/C19H20FN5O.C8H10O2/c1-24(2)19-22-8-12(9-23-19)18-16-10-21-17-4-3-13(20)7-15(17)14(16)5-6-25(18)11-26;1-9-7-3-5-8(10-2)6-4-7/h3-4,7-9,11,18,21H,5-6,10H2,1-2H3;3-6H,1-2H3. The van der Waals surface area contributed by atoms with Gasteiger partial charge in [-0.25, -0.2) is 14.4 Å². The number of nitrogens with one attached hydrogen (secondary N) is 1. The van der Waals surface area contributed by atoms with Crippen LogP contribution < -0.4 is 19.7 Å². The number of benzene rings is 2. The van der Waals surface area contributed by atoms with Gasteiger partial charge in [-0.3, -0.25) is 4.79 Å². The van der Waals surface area contributed by atoms with Gasteiger partial charge in [-0.2, -0.15) is 0 Å². The Bertz CT molecular complexity index is 1210. The lowest BCUT2D eigenvalue weighted by Gasteiger charge is -2.39. The zero-order valence-electron chi connectivity index (χ0n) is 20.9. The second-order valence-electron chi connectivity index (χ2n) is 8.63. The Balaban J connectivity index is 0.000000256. The third-order valence-corrected chi connectivity index (χ3v) is 6.25. The molecule has 1 unspecified atom stereocenters. The molecule has 1 N–H and O–H groups in total. The molecule has 0 saturated heterocycles. The molecule has 0 radical (unpaired) electrons. The van der Waals surface area contributed by atoms with Gasteiger partial charge in [0.05, 0.1) is 20.3 Å². The lowest BCUT2D eigenvalue weighted by Crippen LogP contribution is -2.37. The van der Waals surface area contributed by atoms with Crippen molar-refractivity contribution in [2.45, 2.75) is 12.5 Å². The molecule has 0 aliphatic carbocycles. The van der Waals surface area contributed by atoms with Crippen LogP contribution in [0.1, 0.15) is 23.6 Å². The van der Waals surface area contributed by atoms with E-state index in [-0.39, 0.29) is 11.9 Å². The number of carbonyl (C=O) groups excluding carboxylic acids is 1. The van der Waals surface area contributed by atoms with Gasteiger partial charge in [0.1, 0.15) is 17.3 Å². The van der Waals surface area contributed by atoms with Gasteiger partial charge in [-0.05, 0) is 60.0 Å². The van der Waals surface area contributed by atoms with Crippen LogP contribution >= 0.6 is 0 Å². The number of hydrogen-bond acceptors (Lipinski definition) is 7. The SMILES string of the molecule is CN(C)c1ncc(C2C3=C(CCN2C=O)c2cc(F)ccc2NC3)cn1.COc1ccc(OC)cc1. The summed E-state index contributed by atoms with van der Waals surface area (Å²) in [6.45, 7) is 1.19. The summed E-state index contributed by atoms with van der Waals surface area (Å²) < 4.78 is 23.7. The first-order chi connectivity index (χ1) is 17.4. The van der Waals surface area contributed by atoms with E-state index in [0.29, 0.717) is 25.5 Å². The van der Waals surface area contributed by atoms with Gasteiger partial charge < -0.3 is 24.6 Å². The highest BCUT2D eigenvalue weighted by molar-refractivity contribution is 5.84. The molecule has 8 nitrogen and oxygen atoms in total. The summed E-state index contributed by atoms with van der Waals surface area (Å²) in [7, 11) is 7.04. The average Bonchev–Trinajstić information content (AvgIpc) is 2.92. The Morgan fingerprint density at radius 1 is 1.06 bits per heavy atom. The van der Waals surface area contributed by atoms with E-state index in [1.54, 1.807) is 43.6 Å². The predicted molar refractivity (Wildman–Crippen MR) is 138 cm³/mol. The number of nitrogens with zero attached hydrogens (tertiary/aromatic N) is 4. The number of halogens is 1. The Hall–Kier alpha value is -4.14. The average molecular weight is 492 g/mol. The normalized spacial score (nSPS) is 16.0. The van der Waals surface area contributed by atoms with Gasteiger partial charge >= 0.3 is 0 Å². The maximum absolute atomic E-state index is 13.8. The smallest absolute Gasteiger partial charge is 0.224 e. The molecule has 1 amide bonds. The number of hydrogen-bond donors (Lipinski definition) is 1. The van der Waals surface area contributed by atoms with Gasteiger partial charge in [-0.15, -0.1) is 0 Å². The minimum atomic E-state index is -0.257. The van der Waals surface area contributed by atoms with Crippen LogP contribution in [0, 0.1) is 5.82 Å². The number of methoxy groups -OCH3 is 2. The Morgan fingerprint density at radius 3 is 2.25 bits per heavy atom. The number of ether oxygens (including phenoxy) is 2. The minimum absolute atomic E-state index is 0.239. The lowest BCUT2D eigenvalue weighted by atomic mass is 9.83. The van der Waals surface area contributed by atoms with Gasteiger partial charge in [0, 0.05) is 56.4 Å². The molecular weight excluding hydrogens is 461 g/mol. The predicted octanol–water partition coefficient (Wildman–Crippen LogP) is 4.17. The van der Waals surface area contributed by atoms with Crippen molar-refractivity contribution >= 4 is 23.6 Å². The van der Waals surface area contributed by atoms with Gasteiger partial charge in [0.2, 0.25) is 12.4 Å². The molecule has 2 aromatic carbocycles. The van der Waals surface area contributed by atoms with Crippen molar-refractivity contribution in [1.29, 1.82) is 0 Å². The molecular formula is C27H30FN5O3. The highest BCUT2D eigenvalue weighted by Gasteiger charge is 2.34. The van der Waals surface area contributed by atoms with E-state index in [2.05, 4.69) is 15.3 Å². The molecule has 2 aliphatic heterocycles. The van der Waals surface area contributed by atoms with Crippen LogP contribution in [0.15, 0.2) is 60.4 Å². The fourth-order valence-corrected chi connectivity index (χ4v) is 4.44. The van der Waals surface area contributed by atoms with Gasteiger partial charge in [0.25, 0.3) is 0 Å². The van der Waals surface area contributed by atoms with E-state index in [9.17, 15) is 9.18 Å². The maximum Gasteiger partial charge on any atom is 0.224 e. The van der Waals surface area contributed by atoms with Crippen molar-refractivity contribution in [3.63, 3.8) is 0 Å². The number of carbonyl (C=O) groups is 1. The van der Waals surface area contributed by atoms with Crippen LogP contribution in [0.4, 0.5) is 16.0 Å². The number of aromatic nitrogens is 2. The van der Waals surface area contributed by atoms with Crippen LogP contribution in [0.2, 0.25) is 0 Å². The van der Waals surface area contributed by atoms with Crippen LogP contribution in [0.25, 0.3) is 5.57 Å². The molecule has 0 bridgehead atoms. The van der Waals surface area contributed by atoms with E-state index >= 15 is 0 Å². The van der Waals surface area contributed by atoms with Crippen LogP contribution in [-0.4, -0.2) is 62.7 Å². The molecule has 9 heteroatoms. The van der Waals surface area contributed by atoms with Crippen LogP contribution in [0.5, 0.6) is 11.5 Å². The molecule has 188 valence electrons. The zero-order chi connectivity index (χ0) is 25.7. The molecule has 0 saturated carbocycles. The van der Waals surface area contributed by atoms with Crippen molar-refractivity contribution in [1.82, 2.24) is 14.9 Å². The zero-order valence-corrected chi connectivity index (χ0v) is 20.9. The first-order valence-corrected chi connectivity index (χ1v) is 11.6. The van der Waals surface area contributed by atoms with Crippen molar-refractivity contribution in [2.75, 3.05) is 51.6 Å². The number of rotatable bonds is 5. The molecule has 3 aromatic rings. The first-order valence-electron chi connectivity index (χ1n) is 11.6. The summed E-state index contributed by atoms with van der Waals surface area (Å²) in [4.78, 5) is 24.0. The Labute approximate surface area is 210 Å². The summed E-state index contributed by atoms with van der Waals surface area (Å²) in [6.07, 6.45) is 5.11. The number of amides is 1. The molecule has 0 fully saturated rings. The summed E-state index contributed by atoms with van der Waals surface area (Å²) in [5.41, 5.74) is 4.85. The molecule has 36 heavy (non-hydrogen) atoms. The van der Waals surface area contributed by atoms with E-state index < -0.39 is 0 Å². The summed E-state index contributed by atoms with van der Waals surface area (Å²) >= 11 is 0. The summed E-state index contributed by atoms with van der Waals surface area (Å²) in [5.74, 6) is 2.06. The Kier molecular flexibility index (Phi) is 7.68. The van der Waals surface area contributed by atoms with Crippen LogP contribution in [-0.2, 0) is 4.79 Å². The molecule has 5 rings (SSSR count). The second-order valence-corrected chi connectivity index (χ2v) is 8.63. The maximum atomic E-state index is 13.8. The highest BCUT2D eigenvalue weighted by atomic mass is 19.1. The summed E-state index contributed by atoms with van der Waals surface area (Å²) in [5, 5.41) is 3.35. The molecule has 1 aromatic heterocycles. The van der Waals surface area contributed by atoms with Gasteiger partial charge in [-0.1, -0.05) is 0 Å². The minimum Gasteiger partial charge on any atom is -0.497 e. The highest BCUT2D eigenvalue weighted by Crippen LogP contribution is 2.43.